The summed E-state index contributed by atoms with van der Waals surface area (Å²) >= 11 is 1.60. The van der Waals surface area contributed by atoms with Crippen LogP contribution in [0.15, 0.2) is 0 Å². The van der Waals surface area contributed by atoms with E-state index in [1.807, 2.05) is 6.92 Å². The van der Waals surface area contributed by atoms with Crippen LogP contribution in [0.25, 0.3) is 0 Å². The summed E-state index contributed by atoms with van der Waals surface area (Å²) in [5.41, 5.74) is 1.59. The molecule has 0 radical (unpaired) electrons. The highest BCUT2D eigenvalue weighted by Crippen LogP contribution is 2.30. The number of aryl methyl sites for hydroxylation is 1. The van der Waals surface area contributed by atoms with E-state index < -0.39 is 5.97 Å². The van der Waals surface area contributed by atoms with Gasteiger partial charge >= 0.3 is 5.97 Å². The summed E-state index contributed by atoms with van der Waals surface area (Å²) in [5, 5.41) is 12.2. The lowest BCUT2D eigenvalue weighted by Crippen LogP contribution is -2.23. The SMILES string of the molecule is Cc1sc2c(c1C(=O)O)CCNC2. The third-order valence-electron chi connectivity index (χ3n) is 2.32. The molecule has 13 heavy (non-hydrogen) atoms. The average Bonchev–Trinajstić information content (AvgIpc) is 2.39. The second-order valence-corrected chi connectivity index (χ2v) is 4.48. The standard InChI is InChI=1S/C9H11NO2S/c1-5-8(9(11)12)6-2-3-10-4-7(6)13-5/h10H,2-4H2,1H3,(H,11,12). The minimum Gasteiger partial charge on any atom is -0.478 e. The van der Waals surface area contributed by atoms with Crippen molar-refractivity contribution in [1.82, 2.24) is 5.32 Å². The first-order valence-electron chi connectivity index (χ1n) is 4.25. The minimum absolute atomic E-state index is 0.543. The number of nitrogens with one attached hydrogen (secondary N) is 1. The third kappa shape index (κ3) is 1.36. The van der Waals surface area contributed by atoms with E-state index in [0.29, 0.717) is 5.56 Å². The number of thiophene rings is 1. The molecule has 1 aliphatic rings. The fourth-order valence-electron chi connectivity index (χ4n) is 1.75. The van der Waals surface area contributed by atoms with E-state index in [1.165, 1.54) is 4.88 Å². The Kier molecular flexibility index (Phi) is 2.09. The number of hydrogen-bond acceptors (Lipinski definition) is 3. The van der Waals surface area contributed by atoms with Gasteiger partial charge in [0.1, 0.15) is 0 Å². The second-order valence-electron chi connectivity index (χ2n) is 3.17. The fraction of sp³-hybridized carbons (Fsp3) is 0.444. The highest BCUT2D eigenvalue weighted by atomic mass is 32.1. The van der Waals surface area contributed by atoms with Crippen molar-refractivity contribution in [3.8, 4) is 0 Å². The van der Waals surface area contributed by atoms with Crippen LogP contribution in [0.1, 0.15) is 25.7 Å². The maximum absolute atomic E-state index is 10.9. The lowest BCUT2D eigenvalue weighted by atomic mass is 10.0. The predicted molar refractivity (Wildman–Crippen MR) is 51.4 cm³/mol. The Morgan fingerprint density at radius 1 is 1.62 bits per heavy atom. The predicted octanol–water partition coefficient (Wildman–Crippen LogP) is 1.40. The van der Waals surface area contributed by atoms with Crippen LogP contribution in [-0.4, -0.2) is 17.6 Å². The zero-order chi connectivity index (χ0) is 9.42. The number of hydrogen-bond donors (Lipinski definition) is 2. The number of carboxylic acids is 1. The molecule has 2 N–H and O–H groups in total. The van der Waals surface area contributed by atoms with Gasteiger partial charge in [-0.25, -0.2) is 4.79 Å². The quantitative estimate of drug-likeness (QED) is 0.715. The molecule has 0 bridgehead atoms. The molecule has 0 atom stereocenters. The molecule has 0 amide bonds. The maximum Gasteiger partial charge on any atom is 0.337 e. The first kappa shape index (κ1) is 8.72. The van der Waals surface area contributed by atoms with Crippen molar-refractivity contribution >= 4 is 17.3 Å². The maximum atomic E-state index is 10.9. The van der Waals surface area contributed by atoms with Crippen LogP contribution in [0, 0.1) is 6.92 Å². The molecule has 0 aliphatic carbocycles. The van der Waals surface area contributed by atoms with E-state index in [1.54, 1.807) is 11.3 Å². The molecule has 0 unspecified atom stereocenters. The van der Waals surface area contributed by atoms with Gasteiger partial charge in [0.15, 0.2) is 0 Å². The summed E-state index contributed by atoms with van der Waals surface area (Å²) in [6.45, 7) is 3.60. The molecule has 0 fully saturated rings. The fourth-order valence-corrected chi connectivity index (χ4v) is 2.94. The van der Waals surface area contributed by atoms with Crippen molar-refractivity contribution in [2.45, 2.75) is 19.9 Å². The molecule has 0 saturated carbocycles. The number of carboxylic acid groups (broad SMARTS) is 1. The van der Waals surface area contributed by atoms with Crippen molar-refractivity contribution in [1.29, 1.82) is 0 Å². The molecule has 3 nitrogen and oxygen atoms in total. The van der Waals surface area contributed by atoms with Gasteiger partial charge in [-0.05, 0) is 25.5 Å². The van der Waals surface area contributed by atoms with E-state index in [4.69, 9.17) is 5.11 Å². The monoisotopic (exact) mass is 197 g/mol. The first-order chi connectivity index (χ1) is 6.20. The van der Waals surface area contributed by atoms with Crippen LogP contribution < -0.4 is 5.32 Å². The molecule has 1 aromatic rings. The summed E-state index contributed by atoms with van der Waals surface area (Å²) in [6.07, 6.45) is 0.849. The normalized spacial score (nSPS) is 15.5. The van der Waals surface area contributed by atoms with E-state index in [0.717, 1.165) is 30.0 Å². The number of aromatic carboxylic acids is 1. The average molecular weight is 197 g/mol. The molecule has 1 aromatic heterocycles. The molecule has 2 heterocycles. The summed E-state index contributed by atoms with van der Waals surface area (Å²) in [7, 11) is 0. The molecular formula is C9H11NO2S. The van der Waals surface area contributed by atoms with Gasteiger partial charge in [0.25, 0.3) is 0 Å². The van der Waals surface area contributed by atoms with E-state index in [-0.39, 0.29) is 0 Å². The summed E-state index contributed by atoms with van der Waals surface area (Å²) < 4.78 is 0. The Balaban J connectivity index is 2.54. The second kappa shape index (κ2) is 3.12. The van der Waals surface area contributed by atoms with Gasteiger partial charge in [-0.2, -0.15) is 0 Å². The molecule has 0 spiro atoms. The summed E-state index contributed by atoms with van der Waals surface area (Å²) in [4.78, 5) is 13.1. The smallest absolute Gasteiger partial charge is 0.337 e. The number of rotatable bonds is 1. The Labute approximate surface area is 80.4 Å². The van der Waals surface area contributed by atoms with Crippen molar-refractivity contribution < 1.29 is 9.90 Å². The van der Waals surface area contributed by atoms with Crippen LogP contribution in [0.5, 0.6) is 0 Å². The van der Waals surface area contributed by atoms with Crippen molar-refractivity contribution in [3.05, 3.63) is 20.9 Å². The largest absolute Gasteiger partial charge is 0.478 e. The van der Waals surface area contributed by atoms with Gasteiger partial charge in [-0.1, -0.05) is 0 Å². The molecule has 4 heteroatoms. The van der Waals surface area contributed by atoms with Crippen LogP contribution >= 0.6 is 11.3 Å². The van der Waals surface area contributed by atoms with Gasteiger partial charge in [-0.15, -0.1) is 11.3 Å². The zero-order valence-electron chi connectivity index (χ0n) is 7.39. The van der Waals surface area contributed by atoms with Crippen LogP contribution in [0.3, 0.4) is 0 Å². The van der Waals surface area contributed by atoms with Gasteiger partial charge < -0.3 is 10.4 Å². The molecule has 0 aromatic carbocycles. The number of carbonyl (C=O) groups is 1. The Hall–Kier alpha value is -0.870. The van der Waals surface area contributed by atoms with E-state index in [9.17, 15) is 4.79 Å². The lowest BCUT2D eigenvalue weighted by molar-refractivity contribution is 0.0695. The van der Waals surface area contributed by atoms with E-state index in [2.05, 4.69) is 5.32 Å². The Morgan fingerprint density at radius 3 is 3.08 bits per heavy atom. The van der Waals surface area contributed by atoms with Crippen molar-refractivity contribution in [2.24, 2.45) is 0 Å². The molecule has 1 aliphatic heterocycles. The summed E-state index contributed by atoms with van der Waals surface area (Å²) in [6, 6.07) is 0. The third-order valence-corrected chi connectivity index (χ3v) is 3.47. The molecular weight excluding hydrogens is 186 g/mol. The molecule has 0 saturated heterocycles. The summed E-state index contributed by atoms with van der Waals surface area (Å²) in [5.74, 6) is -0.781. The zero-order valence-corrected chi connectivity index (χ0v) is 8.20. The van der Waals surface area contributed by atoms with Crippen LogP contribution in [0.2, 0.25) is 0 Å². The lowest BCUT2D eigenvalue weighted by Gasteiger charge is -2.12. The van der Waals surface area contributed by atoms with Gasteiger partial charge in [0.2, 0.25) is 0 Å². The van der Waals surface area contributed by atoms with E-state index >= 15 is 0 Å². The van der Waals surface area contributed by atoms with Gasteiger partial charge in [0, 0.05) is 16.3 Å². The van der Waals surface area contributed by atoms with Crippen molar-refractivity contribution in [3.63, 3.8) is 0 Å². The van der Waals surface area contributed by atoms with Crippen LogP contribution in [-0.2, 0) is 13.0 Å². The topological polar surface area (TPSA) is 49.3 Å². The highest BCUT2D eigenvalue weighted by molar-refractivity contribution is 7.12. The first-order valence-corrected chi connectivity index (χ1v) is 5.07. The molecule has 2 rings (SSSR count). The van der Waals surface area contributed by atoms with Gasteiger partial charge in [-0.3, -0.25) is 0 Å². The number of fused-ring (bicyclic) bond motifs is 1. The highest BCUT2D eigenvalue weighted by Gasteiger charge is 2.22. The van der Waals surface area contributed by atoms with Crippen LogP contribution in [0.4, 0.5) is 0 Å². The molecule has 70 valence electrons. The van der Waals surface area contributed by atoms with Crippen molar-refractivity contribution in [2.75, 3.05) is 6.54 Å². The van der Waals surface area contributed by atoms with Gasteiger partial charge in [0.05, 0.1) is 5.56 Å². The Bertz CT molecular complexity index is 357. The minimum atomic E-state index is -0.781. The Morgan fingerprint density at radius 2 is 2.38 bits per heavy atom.